The molecule has 0 radical (unpaired) electrons. The molecule has 0 spiro atoms. The van der Waals surface area contributed by atoms with Crippen molar-refractivity contribution < 1.29 is 22.7 Å². The number of esters is 1. The Morgan fingerprint density at radius 3 is 2.57 bits per heavy atom. The number of carbonyl (C=O) groups excluding carboxylic acids is 1. The molecular formula is C18H17ClN2O5S2. The predicted octanol–water partition coefficient (Wildman–Crippen LogP) is 3.22. The van der Waals surface area contributed by atoms with E-state index >= 15 is 0 Å². The molecule has 3 rings (SSSR count). The van der Waals surface area contributed by atoms with Gasteiger partial charge in [0.1, 0.15) is 12.3 Å². The molecule has 7 nitrogen and oxygen atoms in total. The fourth-order valence-electron chi connectivity index (χ4n) is 2.51. The fraction of sp³-hybridized carbons (Fsp3) is 0.222. The molecule has 2 aromatic carbocycles. The number of sulfonamides is 1. The van der Waals surface area contributed by atoms with Gasteiger partial charge in [-0.15, -0.1) is 4.40 Å². The Morgan fingerprint density at radius 1 is 1.21 bits per heavy atom. The van der Waals surface area contributed by atoms with Gasteiger partial charge in [0.05, 0.1) is 28.8 Å². The minimum atomic E-state index is -3.99. The van der Waals surface area contributed by atoms with E-state index in [4.69, 9.17) is 21.1 Å². The van der Waals surface area contributed by atoms with E-state index in [1.165, 1.54) is 23.8 Å². The molecule has 0 saturated carbocycles. The van der Waals surface area contributed by atoms with Crippen molar-refractivity contribution >= 4 is 49.1 Å². The van der Waals surface area contributed by atoms with Crippen molar-refractivity contribution in [3.05, 3.63) is 52.3 Å². The molecule has 3 aromatic rings. The number of benzene rings is 2. The maximum Gasteiger partial charge on any atom is 0.326 e. The lowest BCUT2D eigenvalue weighted by atomic mass is 10.3. The molecule has 1 heterocycles. The number of carbonyl (C=O) groups is 1. The zero-order valence-corrected chi connectivity index (χ0v) is 17.5. The second-order valence-electron chi connectivity index (χ2n) is 5.63. The third-order valence-corrected chi connectivity index (χ3v) is 6.47. The lowest BCUT2D eigenvalue weighted by Crippen LogP contribution is -2.23. The summed E-state index contributed by atoms with van der Waals surface area (Å²) in [4.78, 5) is 12.2. The van der Waals surface area contributed by atoms with Crippen LogP contribution in [-0.2, 0) is 26.1 Å². The number of hydrogen-bond donors (Lipinski definition) is 0. The van der Waals surface area contributed by atoms with Gasteiger partial charge in [-0.25, -0.2) is 0 Å². The summed E-state index contributed by atoms with van der Waals surface area (Å²) in [5, 5.41) is 0.501. The van der Waals surface area contributed by atoms with Crippen LogP contribution < -0.4 is 9.54 Å². The topological polar surface area (TPSA) is 87.0 Å². The number of methoxy groups -OCH3 is 1. The number of halogens is 1. The lowest BCUT2D eigenvalue weighted by Gasteiger charge is -2.05. The standard InChI is InChI=1S/C18H17ClN2O5S2/c1-3-26-17(22)11-21-15-9-4-12(19)10-16(15)27-18(21)20-28(23,24)14-7-5-13(25-2)6-8-14/h4-10H,3,11H2,1-2H3. The Labute approximate surface area is 170 Å². The van der Waals surface area contributed by atoms with E-state index in [1.54, 1.807) is 37.3 Å². The zero-order valence-electron chi connectivity index (χ0n) is 15.1. The first-order valence-corrected chi connectivity index (χ1v) is 10.9. The highest BCUT2D eigenvalue weighted by atomic mass is 35.5. The number of ether oxygens (including phenoxy) is 2. The van der Waals surface area contributed by atoms with Crippen LogP contribution in [0.2, 0.25) is 5.02 Å². The molecule has 10 heteroatoms. The Bertz CT molecular complexity index is 1180. The Hall–Kier alpha value is -2.36. The van der Waals surface area contributed by atoms with Gasteiger partial charge in [0.2, 0.25) is 4.80 Å². The normalized spacial score (nSPS) is 12.3. The first kappa shape index (κ1) is 20.4. The number of fused-ring (bicyclic) bond motifs is 1. The number of nitrogens with zero attached hydrogens (tertiary/aromatic N) is 2. The zero-order chi connectivity index (χ0) is 20.3. The van der Waals surface area contributed by atoms with E-state index in [1.807, 2.05) is 0 Å². The van der Waals surface area contributed by atoms with Crippen LogP contribution in [0, 0.1) is 0 Å². The summed E-state index contributed by atoms with van der Waals surface area (Å²) >= 11 is 7.17. The van der Waals surface area contributed by atoms with Crippen LogP contribution in [0.3, 0.4) is 0 Å². The van der Waals surface area contributed by atoms with Crippen molar-refractivity contribution in [2.75, 3.05) is 13.7 Å². The molecule has 0 saturated heterocycles. The second-order valence-corrected chi connectivity index (χ2v) is 8.68. The second kappa shape index (κ2) is 8.34. The maximum atomic E-state index is 12.8. The van der Waals surface area contributed by atoms with Gasteiger partial charge in [-0.2, -0.15) is 8.42 Å². The molecule has 0 bridgehead atoms. The SMILES string of the molecule is CCOC(=O)Cn1c(=NS(=O)(=O)c2ccc(OC)cc2)sc2cc(Cl)ccc21. The van der Waals surface area contributed by atoms with Crippen molar-refractivity contribution in [3.63, 3.8) is 0 Å². The van der Waals surface area contributed by atoms with Crippen LogP contribution in [0.15, 0.2) is 51.8 Å². The molecule has 1 aromatic heterocycles. The summed E-state index contributed by atoms with van der Waals surface area (Å²) in [6, 6.07) is 11.0. The van der Waals surface area contributed by atoms with Gasteiger partial charge in [-0.1, -0.05) is 22.9 Å². The van der Waals surface area contributed by atoms with Crippen LogP contribution in [0.4, 0.5) is 0 Å². The summed E-state index contributed by atoms with van der Waals surface area (Å²) in [5.74, 6) is 0.0493. The van der Waals surface area contributed by atoms with Gasteiger partial charge >= 0.3 is 5.97 Å². The Morgan fingerprint density at radius 2 is 1.93 bits per heavy atom. The van der Waals surface area contributed by atoms with Gasteiger partial charge in [-0.05, 0) is 49.4 Å². The van der Waals surface area contributed by atoms with E-state index in [0.717, 1.165) is 11.3 Å². The minimum Gasteiger partial charge on any atom is -0.497 e. The summed E-state index contributed by atoms with van der Waals surface area (Å²) in [5.41, 5.74) is 0.645. The Balaban J connectivity index is 2.15. The van der Waals surface area contributed by atoms with Crippen LogP contribution in [0.25, 0.3) is 10.2 Å². The summed E-state index contributed by atoms with van der Waals surface area (Å²) < 4.78 is 41.7. The first-order chi connectivity index (χ1) is 13.3. The average Bonchev–Trinajstić information content (AvgIpc) is 2.97. The highest BCUT2D eigenvalue weighted by molar-refractivity contribution is 7.90. The van der Waals surface area contributed by atoms with E-state index in [2.05, 4.69) is 4.40 Å². The molecule has 28 heavy (non-hydrogen) atoms. The predicted molar refractivity (Wildman–Crippen MR) is 107 cm³/mol. The van der Waals surface area contributed by atoms with Crippen LogP contribution in [0.5, 0.6) is 5.75 Å². The van der Waals surface area contributed by atoms with Crippen molar-refractivity contribution in [2.45, 2.75) is 18.4 Å². The van der Waals surface area contributed by atoms with E-state index in [-0.39, 0.29) is 22.8 Å². The van der Waals surface area contributed by atoms with Crippen molar-refractivity contribution in [1.82, 2.24) is 4.57 Å². The minimum absolute atomic E-state index is 0.0199. The number of hydrogen-bond acceptors (Lipinski definition) is 6. The van der Waals surface area contributed by atoms with Gasteiger partial charge in [0, 0.05) is 5.02 Å². The smallest absolute Gasteiger partial charge is 0.326 e. The molecule has 0 atom stereocenters. The molecule has 0 amide bonds. The number of aromatic nitrogens is 1. The van der Waals surface area contributed by atoms with Crippen molar-refractivity contribution in [1.29, 1.82) is 0 Å². The van der Waals surface area contributed by atoms with Crippen LogP contribution in [-0.4, -0.2) is 32.7 Å². The van der Waals surface area contributed by atoms with E-state index in [9.17, 15) is 13.2 Å². The number of rotatable bonds is 6. The van der Waals surface area contributed by atoms with Crippen molar-refractivity contribution in [3.8, 4) is 5.75 Å². The van der Waals surface area contributed by atoms with Gasteiger partial charge in [-0.3, -0.25) is 4.79 Å². The molecule has 148 valence electrons. The molecule has 0 unspecified atom stereocenters. The lowest BCUT2D eigenvalue weighted by molar-refractivity contribution is -0.143. The highest BCUT2D eigenvalue weighted by Gasteiger charge is 2.17. The average molecular weight is 441 g/mol. The summed E-state index contributed by atoms with van der Waals surface area (Å²) in [7, 11) is -2.50. The first-order valence-electron chi connectivity index (χ1n) is 8.23. The summed E-state index contributed by atoms with van der Waals surface area (Å²) in [6.07, 6.45) is 0. The molecular weight excluding hydrogens is 424 g/mol. The largest absolute Gasteiger partial charge is 0.497 e. The Kier molecular flexibility index (Phi) is 6.07. The molecule has 0 N–H and O–H groups in total. The van der Waals surface area contributed by atoms with Crippen LogP contribution >= 0.6 is 22.9 Å². The van der Waals surface area contributed by atoms with E-state index in [0.29, 0.717) is 21.0 Å². The van der Waals surface area contributed by atoms with Crippen molar-refractivity contribution in [2.24, 2.45) is 4.40 Å². The molecule has 0 aliphatic heterocycles. The third kappa shape index (κ3) is 4.37. The van der Waals surface area contributed by atoms with Gasteiger partial charge in [0.15, 0.2) is 0 Å². The van der Waals surface area contributed by atoms with Gasteiger partial charge < -0.3 is 14.0 Å². The quantitative estimate of drug-likeness (QED) is 0.549. The molecule has 0 fully saturated rings. The molecule has 0 aliphatic carbocycles. The maximum absolute atomic E-state index is 12.8. The van der Waals surface area contributed by atoms with Crippen LogP contribution in [0.1, 0.15) is 6.92 Å². The fourth-order valence-corrected chi connectivity index (χ4v) is 5.02. The third-order valence-electron chi connectivity index (χ3n) is 3.79. The molecule has 0 aliphatic rings. The summed E-state index contributed by atoms with van der Waals surface area (Å²) in [6.45, 7) is 1.77. The highest BCUT2D eigenvalue weighted by Crippen LogP contribution is 2.23. The van der Waals surface area contributed by atoms with E-state index < -0.39 is 16.0 Å². The monoisotopic (exact) mass is 440 g/mol. The number of thiazole rings is 1. The van der Waals surface area contributed by atoms with Gasteiger partial charge in [0.25, 0.3) is 10.0 Å².